The first-order valence-corrected chi connectivity index (χ1v) is 19.1. The van der Waals surface area contributed by atoms with E-state index in [9.17, 15) is 27.5 Å². The van der Waals surface area contributed by atoms with Gasteiger partial charge in [-0.15, -0.1) is 6.58 Å². The topological polar surface area (TPSA) is 122 Å². The largest absolute Gasteiger partial charge is 0.383 e. The van der Waals surface area contributed by atoms with Crippen molar-refractivity contribution < 1.29 is 27.5 Å². The monoisotopic (exact) mass is 695 g/mol. The molecule has 0 spiro atoms. The van der Waals surface area contributed by atoms with Crippen LogP contribution in [0.25, 0.3) is 0 Å². The number of nitrogens with zero attached hydrogens (tertiary/aromatic N) is 3. The van der Waals surface area contributed by atoms with Crippen molar-refractivity contribution in [2.24, 2.45) is 11.8 Å². The normalized spacial score (nSPS) is 28.9. The second-order valence-electron chi connectivity index (χ2n) is 14.7. The summed E-state index contributed by atoms with van der Waals surface area (Å²) in [5.41, 5.74) is -0.504. The van der Waals surface area contributed by atoms with Crippen molar-refractivity contribution in [1.29, 1.82) is 0 Å². The lowest BCUT2D eigenvalue weighted by atomic mass is 9.80. The molecular formula is C37H50FN5O5S. The number of rotatable bonds is 11. The molecule has 3 heterocycles. The Balaban J connectivity index is 1.16. The third kappa shape index (κ3) is 7.15. The molecule has 4 atom stereocenters. The van der Waals surface area contributed by atoms with E-state index < -0.39 is 27.0 Å². The third-order valence-electron chi connectivity index (χ3n) is 11.6. The van der Waals surface area contributed by atoms with Crippen molar-refractivity contribution in [3.8, 4) is 0 Å². The van der Waals surface area contributed by atoms with Gasteiger partial charge in [0.25, 0.3) is 0 Å². The average molecular weight is 696 g/mol. The van der Waals surface area contributed by atoms with Gasteiger partial charge in [0.2, 0.25) is 15.9 Å². The number of nitrogens with one attached hydrogen (secondary N) is 2. The predicted octanol–water partition coefficient (Wildman–Crippen LogP) is 4.35. The van der Waals surface area contributed by atoms with Crippen LogP contribution in [0.1, 0.15) is 69.4 Å². The number of hydrogen-bond donors (Lipinski definition) is 3. The van der Waals surface area contributed by atoms with Gasteiger partial charge in [0.15, 0.2) is 0 Å². The fraction of sp³-hybridized carbons (Fsp3) is 0.568. The summed E-state index contributed by atoms with van der Waals surface area (Å²) in [4.78, 5) is 33.6. The molecule has 0 aromatic heterocycles. The van der Waals surface area contributed by atoms with Crippen molar-refractivity contribution >= 4 is 22.0 Å². The van der Waals surface area contributed by atoms with Crippen LogP contribution in [-0.2, 0) is 27.0 Å². The van der Waals surface area contributed by atoms with Gasteiger partial charge in [0.1, 0.15) is 11.4 Å². The Hall–Kier alpha value is -3.32. The molecule has 4 aliphatic rings. The molecule has 10 nitrogen and oxygen atoms in total. The van der Waals surface area contributed by atoms with Crippen molar-refractivity contribution in [1.82, 2.24) is 24.7 Å². The number of benzene rings is 2. The van der Waals surface area contributed by atoms with E-state index in [-0.39, 0.29) is 53.8 Å². The molecule has 3 amide bonds. The lowest BCUT2D eigenvalue weighted by Crippen LogP contribution is -2.61. The Labute approximate surface area is 289 Å². The van der Waals surface area contributed by atoms with Crippen molar-refractivity contribution in [2.45, 2.75) is 93.0 Å². The molecule has 2 aromatic carbocycles. The number of piperidine rings is 1. The van der Waals surface area contributed by atoms with Crippen LogP contribution in [0.5, 0.6) is 0 Å². The summed E-state index contributed by atoms with van der Waals surface area (Å²) in [6.45, 7) is 7.87. The molecule has 266 valence electrons. The zero-order valence-corrected chi connectivity index (χ0v) is 29.4. The Morgan fingerprint density at radius 1 is 1.08 bits per heavy atom. The fourth-order valence-corrected chi connectivity index (χ4v) is 9.70. The zero-order valence-electron chi connectivity index (χ0n) is 28.6. The Kier molecular flexibility index (Phi) is 10.2. The molecule has 1 aliphatic carbocycles. The van der Waals surface area contributed by atoms with Crippen molar-refractivity contribution in [3.63, 3.8) is 0 Å². The van der Waals surface area contributed by atoms with Crippen LogP contribution in [-0.4, -0.2) is 91.0 Å². The van der Waals surface area contributed by atoms with Crippen LogP contribution >= 0.6 is 0 Å². The number of carbonyl (C=O) groups excluding carboxylic acids is 2. The van der Waals surface area contributed by atoms with Crippen molar-refractivity contribution in [2.75, 3.05) is 33.2 Å². The van der Waals surface area contributed by atoms with Crippen LogP contribution in [0.2, 0.25) is 0 Å². The average Bonchev–Trinajstić information content (AvgIpc) is 3.80. The minimum Gasteiger partial charge on any atom is -0.383 e. The number of halogens is 1. The fourth-order valence-electron chi connectivity index (χ4n) is 8.97. The summed E-state index contributed by atoms with van der Waals surface area (Å²) in [6.07, 6.45) is 9.05. The summed E-state index contributed by atoms with van der Waals surface area (Å²) >= 11 is 0. The second kappa shape index (κ2) is 14.1. The van der Waals surface area contributed by atoms with E-state index in [0.717, 1.165) is 56.9 Å². The summed E-state index contributed by atoms with van der Waals surface area (Å²) in [7, 11) is -2.18. The van der Waals surface area contributed by atoms with Gasteiger partial charge in [-0.25, -0.2) is 22.3 Å². The summed E-state index contributed by atoms with van der Waals surface area (Å²) in [5, 5.41) is 15.3. The van der Waals surface area contributed by atoms with E-state index in [0.29, 0.717) is 25.2 Å². The highest BCUT2D eigenvalue weighted by atomic mass is 32.2. The van der Waals surface area contributed by atoms with E-state index in [1.807, 2.05) is 9.80 Å². The Morgan fingerprint density at radius 3 is 2.37 bits per heavy atom. The number of sulfonamides is 1. The summed E-state index contributed by atoms with van der Waals surface area (Å²) in [5.74, 6) is -0.583. The highest BCUT2D eigenvalue weighted by molar-refractivity contribution is 7.89. The first-order chi connectivity index (χ1) is 23.4. The van der Waals surface area contributed by atoms with Gasteiger partial charge < -0.3 is 20.2 Å². The molecule has 3 saturated heterocycles. The van der Waals surface area contributed by atoms with E-state index in [1.54, 1.807) is 30.3 Å². The minimum absolute atomic E-state index is 0.00163. The first kappa shape index (κ1) is 35.5. The Bertz CT molecular complexity index is 1630. The minimum atomic E-state index is -3.55. The summed E-state index contributed by atoms with van der Waals surface area (Å²) < 4.78 is 40.9. The van der Waals surface area contributed by atoms with E-state index in [1.165, 1.54) is 31.3 Å². The summed E-state index contributed by atoms with van der Waals surface area (Å²) in [6, 6.07) is 12.8. The molecule has 1 saturated carbocycles. The van der Waals surface area contributed by atoms with E-state index >= 15 is 0 Å². The lowest BCUT2D eigenvalue weighted by Gasteiger charge is -2.51. The standard InChI is InChI=1S/C37H50FN5O5S/c1-4-18-43(35(45)40-22-26-12-16-33(17-13-26)49(47,48)39-3)36(2)20-31-14-15-32(21-36)42(31)24-29-23-41(34(44)27-8-5-6-9-27)25-37(29,46)28-10-7-11-30(38)19-28/h4,7,10-13,16-17,19,27,29,31-32,39,46H,1,5-6,8-9,14-15,18,20-25H2,2-3H3,(H,40,45)/t29-,31?,32?,36?,37+/m1/s1. The number of β-amino-alcohol motifs (C(OH)–C–C–N with tert-alkyl or cyclic N) is 1. The maximum absolute atomic E-state index is 14.5. The van der Waals surface area contributed by atoms with Gasteiger partial charge in [0.05, 0.1) is 11.4 Å². The SMILES string of the molecule is C=CCN(C(=O)NCc1ccc(S(=O)(=O)NC)cc1)C1(C)CC2CCC(C1)N2C[C@H]1CN(C(=O)C2CCCC2)C[C@]1(O)c1cccc(F)c1. The number of likely N-dealkylation sites (tertiary alicyclic amines) is 1. The van der Waals surface area contributed by atoms with Gasteiger partial charge in [-0.3, -0.25) is 9.69 Å². The highest BCUT2D eigenvalue weighted by Crippen LogP contribution is 2.47. The number of hydrogen-bond acceptors (Lipinski definition) is 6. The molecular weight excluding hydrogens is 646 g/mol. The van der Waals surface area contributed by atoms with Crippen LogP contribution in [0.15, 0.2) is 66.1 Å². The first-order valence-electron chi connectivity index (χ1n) is 17.6. The second-order valence-corrected chi connectivity index (χ2v) is 16.6. The smallest absolute Gasteiger partial charge is 0.318 e. The molecule has 49 heavy (non-hydrogen) atoms. The third-order valence-corrected chi connectivity index (χ3v) is 13.0. The van der Waals surface area contributed by atoms with Gasteiger partial charge >= 0.3 is 6.03 Å². The van der Waals surface area contributed by atoms with Crippen LogP contribution < -0.4 is 10.0 Å². The molecule has 2 bridgehead atoms. The molecule has 6 rings (SSSR count). The van der Waals surface area contributed by atoms with Gasteiger partial charge in [-0.2, -0.15) is 0 Å². The Morgan fingerprint density at radius 2 is 1.76 bits per heavy atom. The molecule has 3 N–H and O–H groups in total. The van der Waals surface area contributed by atoms with Crippen molar-refractivity contribution in [3.05, 3.63) is 78.1 Å². The maximum atomic E-state index is 14.5. The quantitative estimate of drug-likeness (QED) is 0.301. The molecule has 0 radical (unpaired) electrons. The number of urea groups is 1. The predicted molar refractivity (Wildman–Crippen MR) is 185 cm³/mol. The van der Waals surface area contributed by atoms with Gasteiger partial charge in [0, 0.05) is 55.6 Å². The lowest BCUT2D eigenvalue weighted by molar-refractivity contribution is -0.135. The highest BCUT2D eigenvalue weighted by Gasteiger charge is 2.54. The maximum Gasteiger partial charge on any atom is 0.318 e. The number of carbonyl (C=O) groups is 2. The number of amides is 3. The molecule has 2 aromatic rings. The van der Waals surface area contributed by atoms with Crippen LogP contribution in [0.4, 0.5) is 9.18 Å². The molecule has 12 heteroatoms. The van der Waals surface area contributed by atoms with Gasteiger partial charge in [-0.05, 0) is 87.9 Å². The van der Waals surface area contributed by atoms with E-state index in [2.05, 4.69) is 28.4 Å². The van der Waals surface area contributed by atoms with Crippen LogP contribution in [0, 0.1) is 17.7 Å². The number of fused-ring (bicyclic) bond motifs is 2. The van der Waals surface area contributed by atoms with Crippen LogP contribution in [0.3, 0.4) is 0 Å². The number of aliphatic hydroxyl groups is 1. The zero-order chi connectivity index (χ0) is 35.0. The van der Waals surface area contributed by atoms with E-state index in [4.69, 9.17) is 0 Å². The molecule has 3 aliphatic heterocycles. The molecule has 4 fully saturated rings. The molecule has 2 unspecified atom stereocenters. The van der Waals surface area contributed by atoms with Gasteiger partial charge in [-0.1, -0.05) is 43.2 Å².